The highest BCUT2D eigenvalue weighted by Crippen LogP contribution is 2.37. The molecule has 0 aliphatic carbocycles. The van der Waals surface area contributed by atoms with Crippen LogP contribution in [0.1, 0.15) is 30.7 Å². The lowest BCUT2D eigenvalue weighted by Gasteiger charge is -2.36. The molecule has 3 heterocycles. The minimum absolute atomic E-state index is 0.140. The zero-order chi connectivity index (χ0) is 16.5. The lowest BCUT2D eigenvalue weighted by molar-refractivity contribution is 0.0460. The number of rotatable bonds is 4. The van der Waals surface area contributed by atoms with Crippen LogP contribution in [0.25, 0.3) is 0 Å². The second-order valence-electron chi connectivity index (χ2n) is 6.44. The molecular formula is C18H23N3O3. The highest BCUT2D eigenvalue weighted by atomic mass is 16.7. The average molecular weight is 329 g/mol. The number of imidazole rings is 1. The summed E-state index contributed by atoms with van der Waals surface area (Å²) < 4.78 is 13.0. The summed E-state index contributed by atoms with van der Waals surface area (Å²) in [4.78, 5) is 6.71. The molecule has 1 aromatic carbocycles. The predicted molar refractivity (Wildman–Crippen MR) is 89.1 cm³/mol. The fraction of sp³-hybridized carbons (Fsp3) is 0.500. The van der Waals surface area contributed by atoms with Crippen LogP contribution < -0.4 is 9.47 Å². The summed E-state index contributed by atoms with van der Waals surface area (Å²) in [5, 5.41) is 10.7. The van der Waals surface area contributed by atoms with Crippen molar-refractivity contribution < 1.29 is 14.6 Å². The Balaban J connectivity index is 1.43. The number of piperidine rings is 1. The number of aromatic nitrogens is 2. The number of aliphatic hydroxyl groups is 1. The number of aryl methyl sites for hydroxylation is 1. The van der Waals surface area contributed by atoms with Gasteiger partial charge < -0.3 is 19.1 Å². The van der Waals surface area contributed by atoms with Gasteiger partial charge in [-0.3, -0.25) is 4.90 Å². The maximum atomic E-state index is 10.7. The van der Waals surface area contributed by atoms with Crippen LogP contribution in [0.3, 0.4) is 0 Å². The smallest absolute Gasteiger partial charge is 0.231 e. The van der Waals surface area contributed by atoms with E-state index in [2.05, 4.69) is 21.4 Å². The van der Waals surface area contributed by atoms with Gasteiger partial charge in [0.1, 0.15) is 5.82 Å². The summed E-state index contributed by atoms with van der Waals surface area (Å²) in [7, 11) is 0. The van der Waals surface area contributed by atoms with Crippen LogP contribution >= 0.6 is 0 Å². The van der Waals surface area contributed by atoms with Crippen molar-refractivity contribution in [2.24, 2.45) is 0 Å². The molecule has 0 spiro atoms. The van der Waals surface area contributed by atoms with Gasteiger partial charge in [-0.15, -0.1) is 0 Å². The number of benzene rings is 1. The molecule has 2 aromatic rings. The molecule has 0 bridgehead atoms. The number of hydrogen-bond acceptors (Lipinski definition) is 5. The monoisotopic (exact) mass is 329 g/mol. The third kappa shape index (κ3) is 2.87. The van der Waals surface area contributed by atoms with Crippen LogP contribution in [0, 0.1) is 0 Å². The summed E-state index contributed by atoms with van der Waals surface area (Å²) in [6.45, 7) is 5.72. The van der Waals surface area contributed by atoms with Crippen molar-refractivity contribution >= 4 is 0 Å². The van der Waals surface area contributed by atoms with E-state index in [4.69, 9.17) is 9.47 Å². The van der Waals surface area contributed by atoms with Gasteiger partial charge >= 0.3 is 0 Å². The van der Waals surface area contributed by atoms with Crippen LogP contribution in [0.15, 0.2) is 30.6 Å². The van der Waals surface area contributed by atoms with E-state index >= 15 is 0 Å². The molecule has 0 unspecified atom stereocenters. The van der Waals surface area contributed by atoms with Gasteiger partial charge in [0.2, 0.25) is 6.79 Å². The lowest BCUT2D eigenvalue weighted by Crippen LogP contribution is -2.42. The van der Waals surface area contributed by atoms with Crippen molar-refractivity contribution in [3.8, 4) is 11.5 Å². The number of aliphatic hydroxyl groups excluding tert-OH is 1. The molecule has 1 saturated heterocycles. The Morgan fingerprint density at radius 1 is 1.29 bits per heavy atom. The van der Waals surface area contributed by atoms with Gasteiger partial charge in [-0.05, 0) is 37.6 Å². The second-order valence-corrected chi connectivity index (χ2v) is 6.44. The standard InChI is InChI=1S/C18H23N3O3/c1-2-21-8-6-19-18(21)11-20-7-5-14(15(22)10-20)13-3-4-16-17(9-13)24-12-23-16/h3-4,6,8-9,14-15,22H,2,5,7,10-12H2,1H3/t14-,15+/m0/s1. The summed E-state index contributed by atoms with van der Waals surface area (Å²) in [6, 6.07) is 5.99. The average Bonchev–Trinajstić information content (AvgIpc) is 3.23. The van der Waals surface area contributed by atoms with Gasteiger partial charge in [0, 0.05) is 31.4 Å². The van der Waals surface area contributed by atoms with E-state index in [1.165, 1.54) is 0 Å². The summed E-state index contributed by atoms with van der Waals surface area (Å²) in [5.41, 5.74) is 1.13. The molecule has 2 aliphatic heterocycles. The molecule has 2 aliphatic rings. The molecule has 1 aromatic heterocycles. The van der Waals surface area contributed by atoms with E-state index in [-0.39, 0.29) is 18.8 Å². The van der Waals surface area contributed by atoms with E-state index in [1.54, 1.807) is 0 Å². The van der Waals surface area contributed by atoms with Gasteiger partial charge in [0.25, 0.3) is 0 Å². The van der Waals surface area contributed by atoms with Gasteiger partial charge in [-0.25, -0.2) is 4.98 Å². The second kappa shape index (κ2) is 6.45. The molecule has 6 heteroatoms. The largest absolute Gasteiger partial charge is 0.454 e. The maximum Gasteiger partial charge on any atom is 0.231 e. The number of ether oxygens (including phenoxy) is 2. The molecule has 2 atom stereocenters. The Kier molecular flexibility index (Phi) is 4.16. The molecule has 128 valence electrons. The van der Waals surface area contributed by atoms with Crippen LogP contribution in [0.5, 0.6) is 11.5 Å². The lowest BCUT2D eigenvalue weighted by atomic mass is 9.87. The van der Waals surface area contributed by atoms with Crippen LogP contribution in [-0.4, -0.2) is 45.5 Å². The van der Waals surface area contributed by atoms with Crippen molar-refractivity contribution in [2.45, 2.75) is 38.5 Å². The van der Waals surface area contributed by atoms with Crippen molar-refractivity contribution in [3.05, 3.63) is 42.0 Å². The number of nitrogens with zero attached hydrogens (tertiary/aromatic N) is 3. The van der Waals surface area contributed by atoms with Gasteiger partial charge in [0.05, 0.1) is 12.6 Å². The predicted octanol–water partition coefficient (Wildman–Crippen LogP) is 1.98. The number of likely N-dealkylation sites (tertiary alicyclic amines) is 1. The quantitative estimate of drug-likeness (QED) is 0.929. The normalized spacial score (nSPS) is 23.6. The molecule has 6 nitrogen and oxygen atoms in total. The first-order chi connectivity index (χ1) is 11.7. The first-order valence-electron chi connectivity index (χ1n) is 8.54. The summed E-state index contributed by atoms with van der Waals surface area (Å²) >= 11 is 0. The van der Waals surface area contributed by atoms with Crippen LogP contribution in [0.4, 0.5) is 0 Å². The molecule has 0 amide bonds. The fourth-order valence-electron chi connectivity index (χ4n) is 3.65. The van der Waals surface area contributed by atoms with Crippen LogP contribution in [-0.2, 0) is 13.1 Å². The summed E-state index contributed by atoms with van der Waals surface area (Å²) in [6.07, 6.45) is 4.39. The molecule has 1 N–H and O–H groups in total. The van der Waals surface area contributed by atoms with E-state index in [0.29, 0.717) is 6.54 Å². The Hall–Kier alpha value is -2.05. The van der Waals surface area contributed by atoms with Crippen molar-refractivity contribution in [2.75, 3.05) is 19.9 Å². The Labute approximate surface area is 141 Å². The Morgan fingerprint density at radius 3 is 3.00 bits per heavy atom. The Bertz CT molecular complexity index is 715. The third-order valence-electron chi connectivity index (χ3n) is 5.00. The maximum absolute atomic E-state index is 10.7. The van der Waals surface area contributed by atoms with Gasteiger partial charge in [0.15, 0.2) is 11.5 Å². The topological polar surface area (TPSA) is 59.8 Å². The fourth-order valence-corrected chi connectivity index (χ4v) is 3.65. The zero-order valence-electron chi connectivity index (χ0n) is 13.9. The van der Waals surface area contributed by atoms with Gasteiger partial charge in [-0.2, -0.15) is 0 Å². The van der Waals surface area contributed by atoms with Crippen molar-refractivity contribution in [1.82, 2.24) is 14.5 Å². The van der Waals surface area contributed by atoms with E-state index < -0.39 is 0 Å². The Morgan fingerprint density at radius 2 is 2.17 bits per heavy atom. The molecule has 0 radical (unpaired) electrons. The number of fused-ring (bicyclic) bond motifs is 1. The van der Waals surface area contributed by atoms with Gasteiger partial charge in [-0.1, -0.05) is 6.07 Å². The zero-order valence-corrected chi connectivity index (χ0v) is 13.9. The summed E-state index contributed by atoms with van der Waals surface area (Å²) in [5.74, 6) is 2.78. The SMILES string of the molecule is CCn1ccnc1CN1CC[C@@H](c2ccc3c(c2)OCO3)[C@H](O)C1. The first-order valence-corrected chi connectivity index (χ1v) is 8.54. The minimum atomic E-state index is -0.385. The third-order valence-corrected chi connectivity index (χ3v) is 5.00. The molecule has 1 fully saturated rings. The highest BCUT2D eigenvalue weighted by Gasteiger charge is 2.30. The van der Waals surface area contributed by atoms with E-state index in [1.807, 2.05) is 30.6 Å². The van der Waals surface area contributed by atoms with E-state index in [9.17, 15) is 5.11 Å². The molecule has 4 rings (SSSR count). The van der Waals surface area contributed by atoms with Crippen molar-refractivity contribution in [1.29, 1.82) is 0 Å². The van der Waals surface area contributed by atoms with Crippen molar-refractivity contribution in [3.63, 3.8) is 0 Å². The highest BCUT2D eigenvalue weighted by molar-refractivity contribution is 5.45. The van der Waals surface area contributed by atoms with Crippen LogP contribution in [0.2, 0.25) is 0 Å². The molecule has 0 saturated carbocycles. The molecule has 24 heavy (non-hydrogen) atoms. The number of hydrogen-bond donors (Lipinski definition) is 1. The number of β-amino-alcohol motifs (C(OH)–C–C–N with tert-alkyl or cyclic N) is 1. The molecular weight excluding hydrogens is 306 g/mol. The minimum Gasteiger partial charge on any atom is -0.454 e. The van der Waals surface area contributed by atoms with E-state index in [0.717, 1.165) is 48.9 Å². The first kappa shape index (κ1) is 15.5.